The molecule has 0 aliphatic heterocycles. The zero-order valence-corrected chi connectivity index (χ0v) is 10.2. The summed E-state index contributed by atoms with van der Waals surface area (Å²) < 4.78 is 20.7. The summed E-state index contributed by atoms with van der Waals surface area (Å²) in [6, 6.07) is 0. The molecule has 0 fully saturated rings. The second-order valence-electron chi connectivity index (χ2n) is 3.70. The van der Waals surface area contributed by atoms with Crippen LogP contribution in [0.15, 0.2) is 0 Å². The Labute approximate surface area is 90.3 Å². The Morgan fingerprint density at radius 3 is 2.07 bits per heavy atom. The van der Waals surface area contributed by atoms with E-state index < -0.39 is 11.3 Å². The molecule has 0 aliphatic rings. The van der Waals surface area contributed by atoms with Gasteiger partial charge in [-0.05, 0) is 6.42 Å². The van der Waals surface area contributed by atoms with Gasteiger partial charge in [-0.2, -0.15) is 0 Å². The fourth-order valence-corrected chi connectivity index (χ4v) is 1.65. The molecule has 1 atom stereocenters. The van der Waals surface area contributed by atoms with Crippen molar-refractivity contribution in [2.75, 3.05) is 13.6 Å². The summed E-state index contributed by atoms with van der Waals surface area (Å²) in [6.07, 6.45) is 8.71. The smallest absolute Gasteiger partial charge is 0.234 e. The summed E-state index contributed by atoms with van der Waals surface area (Å²) in [5.41, 5.74) is 0. The van der Waals surface area contributed by atoms with E-state index in [0.717, 1.165) is 13.0 Å². The van der Waals surface area contributed by atoms with E-state index in [1.165, 1.54) is 42.8 Å². The quantitative estimate of drug-likeness (QED) is 0.480. The van der Waals surface area contributed by atoms with Crippen molar-refractivity contribution in [1.29, 1.82) is 0 Å². The van der Waals surface area contributed by atoms with Crippen molar-refractivity contribution >= 4 is 11.3 Å². The van der Waals surface area contributed by atoms with Gasteiger partial charge < -0.3 is 0 Å². The van der Waals surface area contributed by atoms with Gasteiger partial charge in [0.2, 0.25) is 11.3 Å². The van der Waals surface area contributed by atoms with Crippen molar-refractivity contribution in [1.82, 2.24) is 4.31 Å². The van der Waals surface area contributed by atoms with Crippen LogP contribution in [0.5, 0.6) is 0 Å². The van der Waals surface area contributed by atoms with Gasteiger partial charge in [-0.3, -0.25) is 4.55 Å². The van der Waals surface area contributed by atoms with Gasteiger partial charge in [-0.15, -0.1) is 0 Å². The molecule has 0 aromatic heterocycles. The monoisotopic (exact) mass is 221 g/mol. The maximum atomic E-state index is 10.5. The fourth-order valence-electron chi connectivity index (χ4n) is 1.37. The number of hydrogen-bond donors (Lipinski definition) is 1. The molecule has 0 amide bonds. The number of rotatable bonds is 9. The van der Waals surface area contributed by atoms with Gasteiger partial charge >= 0.3 is 0 Å². The molecule has 3 nitrogen and oxygen atoms in total. The van der Waals surface area contributed by atoms with Gasteiger partial charge in [-0.25, -0.2) is 8.51 Å². The number of hydrogen-bond acceptors (Lipinski definition) is 1. The van der Waals surface area contributed by atoms with E-state index in [9.17, 15) is 4.21 Å². The summed E-state index contributed by atoms with van der Waals surface area (Å²) in [7, 11) is 1.67. The molecule has 1 unspecified atom stereocenters. The molecular formula is C10H23NO2S. The lowest BCUT2D eigenvalue weighted by atomic mass is 10.1. The molecule has 1 N–H and O–H groups in total. The van der Waals surface area contributed by atoms with Crippen molar-refractivity contribution in [3.05, 3.63) is 0 Å². The minimum Gasteiger partial charge on any atom is -0.294 e. The molecule has 0 bridgehead atoms. The van der Waals surface area contributed by atoms with E-state index in [2.05, 4.69) is 6.92 Å². The van der Waals surface area contributed by atoms with Gasteiger partial charge in [0.25, 0.3) is 0 Å². The molecule has 0 spiro atoms. The predicted molar refractivity (Wildman–Crippen MR) is 61.4 cm³/mol. The van der Waals surface area contributed by atoms with Crippen LogP contribution in [0.3, 0.4) is 0 Å². The number of nitrogens with zero attached hydrogens (tertiary/aromatic N) is 1. The Balaban J connectivity index is 3.09. The van der Waals surface area contributed by atoms with Crippen LogP contribution in [0, 0.1) is 0 Å². The highest BCUT2D eigenvalue weighted by Gasteiger charge is 2.02. The van der Waals surface area contributed by atoms with E-state index in [1.54, 1.807) is 7.05 Å². The maximum absolute atomic E-state index is 10.5. The first-order valence-corrected chi connectivity index (χ1v) is 6.57. The molecule has 0 heterocycles. The molecule has 0 aromatic rings. The molecule has 0 radical (unpaired) electrons. The molecule has 0 aliphatic carbocycles. The Morgan fingerprint density at radius 1 is 1.07 bits per heavy atom. The topological polar surface area (TPSA) is 40.5 Å². The molecule has 86 valence electrons. The van der Waals surface area contributed by atoms with Crippen molar-refractivity contribution in [3.8, 4) is 0 Å². The van der Waals surface area contributed by atoms with Gasteiger partial charge in [0.05, 0.1) is 0 Å². The lowest BCUT2D eigenvalue weighted by Crippen LogP contribution is -2.21. The largest absolute Gasteiger partial charge is 0.294 e. The average molecular weight is 221 g/mol. The summed E-state index contributed by atoms with van der Waals surface area (Å²) in [6.45, 7) is 2.93. The third-order valence-electron chi connectivity index (χ3n) is 2.34. The highest BCUT2D eigenvalue weighted by atomic mass is 32.2. The van der Waals surface area contributed by atoms with E-state index in [1.807, 2.05) is 0 Å². The van der Waals surface area contributed by atoms with Crippen LogP contribution in [0.2, 0.25) is 0 Å². The van der Waals surface area contributed by atoms with Gasteiger partial charge in [-0.1, -0.05) is 45.4 Å². The average Bonchev–Trinajstić information content (AvgIpc) is 2.16. The molecule has 0 saturated heterocycles. The number of unbranched alkanes of at least 4 members (excludes halogenated alkanes) is 6. The van der Waals surface area contributed by atoms with Gasteiger partial charge in [0, 0.05) is 13.6 Å². The van der Waals surface area contributed by atoms with Crippen LogP contribution >= 0.6 is 0 Å². The highest BCUT2D eigenvalue weighted by Crippen LogP contribution is 2.07. The van der Waals surface area contributed by atoms with E-state index >= 15 is 0 Å². The van der Waals surface area contributed by atoms with Gasteiger partial charge in [0.1, 0.15) is 0 Å². The third kappa shape index (κ3) is 8.66. The summed E-state index contributed by atoms with van der Waals surface area (Å²) in [4.78, 5) is 0. The summed E-state index contributed by atoms with van der Waals surface area (Å²) in [5, 5.41) is 0. The zero-order chi connectivity index (χ0) is 10.8. The molecule has 14 heavy (non-hydrogen) atoms. The van der Waals surface area contributed by atoms with Crippen molar-refractivity contribution in [3.63, 3.8) is 0 Å². The predicted octanol–water partition coefficient (Wildman–Crippen LogP) is 2.81. The maximum Gasteiger partial charge on any atom is 0.234 e. The van der Waals surface area contributed by atoms with Crippen LogP contribution < -0.4 is 0 Å². The van der Waals surface area contributed by atoms with E-state index in [0.29, 0.717) is 0 Å². The minimum atomic E-state index is -1.79. The molecule has 0 saturated carbocycles. The van der Waals surface area contributed by atoms with Crippen molar-refractivity contribution in [2.45, 2.75) is 51.9 Å². The van der Waals surface area contributed by atoms with Crippen LogP contribution in [0.1, 0.15) is 51.9 Å². The van der Waals surface area contributed by atoms with Gasteiger partial charge in [0.15, 0.2) is 0 Å². The first-order chi connectivity index (χ1) is 6.68. The summed E-state index contributed by atoms with van der Waals surface area (Å²) in [5.74, 6) is 0. The van der Waals surface area contributed by atoms with Crippen LogP contribution in [-0.2, 0) is 11.3 Å². The third-order valence-corrected chi connectivity index (χ3v) is 3.06. The van der Waals surface area contributed by atoms with Crippen molar-refractivity contribution in [2.24, 2.45) is 0 Å². The minimum absolute atomic E-state index is 0.719. The molecular weight excluding hydrogens is 198 g/mol. The van der Waals surface area contributed by atoms with Crippen molar-refractivity contribution < 1.29 is 8.76 Å². The molecule has 4 heteroatoms. The zero-order valence-electron chi connectivity index (χ0n) is 9.37. The SMILES string of the molecule is CCCCCCCCCN(C)S(=O)O. The lowest BCUT2D eigenvalue weighted by Gasteiger charge is -2.10. The Bertz CT molecular complexity index is 153. The van der Waals surface area contributed by atoms with E-state index in [4.69, 9.17) is 4.55 Å². The van der Waals surface area contributed by atoms with E-state index in [-0.39, 0.29) is 0 Å². The standard InChI is InChI=1S/C10H23NO2S/c1-3-4-5-6-7-8-9-10-11(2)14(12)13/h3-10H2,1-2H3,(H,12,13). The summed E-state index contributed by atoms with van der Waals surface area (Å²) >= 11 is -1.79. The van der Waals surface area contributed by atoms with Crippen LogP contribution in [-0.4, -0.2) is 26.7 Å². The van der Waals surface area contributed by atoms with Crippen LogP contribution in [0.25, 0.3) is 0 Å². The fraction of sp³-hybridized carbons (Fsp3) is 1.00. The normalized spacial score (nSPS) is 13.4. The Kier molecular flexibility index (Phi) is 9.67. The second kappa shape index (κ2) is 9.62. The first-order valence-electron chi connectivity index (χ1n) is 5.50. The molecule has 0 aromatic carbocycles. The second-order valence-corrected chi connectivity index (χ2v) is 4.79. The van der Waals surface area contributed by atoms with Crippen LogP contribution in [0.4, 0.5) is 0 Å². The first kappa shape index (κ1) is 14.1. The molecule has 0 rings (SSSR count). The highest BCUT2D eigenvalue weighted by molar-refractivity contribution is 7.76. The Morgan fingerprint density at radius 2 is 1.57 bits per heavy atom. The Hall–Kier alpha value is 0.0700. The lowest BCUT2D eigenvalue weighted by molar-refractivity contribution is 0.431.